The van der Waals surface area contributed by atoms with Crippen LogP contribution in [0.5, 0.6) is 5.75 Å². The minimum absolute atomic E-state index is 0.282. The van der Waals surface area contributed by atoms with E-state index < -0.39 is 0 Å². The number of hydrazone groups is 1. The molecule has 0 radical (unpaired) electrons. The van der Waals surface area contributed by atoms with Crippen LogP contribution in [0.1, 0.15) is 27.4 Å². The number of benzene rings is 1. The number of rotatable bonds is 8. The van der Waals surface area contributed by atoms with Gasteiger partial charge in [0, 0.05) is 24.6 Å². The zero-order valence-electron chi connectivity index (χ0n) is 15.4. The Labute approximate surface area is 175 Å². The monoisotopic (exact) mass is 462 g/mol. The maximum absolute atomic E-state index is 12.1. The Morgan fingerprint density at radius 3 is 2.96 bits per heavy atom. The summed E-state index contributed by atoms with van der Waals surface area (Å²) in [5.74, 6) is 2.91. The second-order valence-electron chi connectivity index (χ2n) is 5.84. The van der Waals surface area contributed by atoms with Crippen LogP contribution in [0.4, 0.5) is 0 Å². The number of hydrogen-bond donors (Lipinski definition) is 1. The molecule has 28 heavy (non-hydrogen) atoms. The van der Waals surface area contributed by atoms with Gasteiger partial charge in [-0.15, -0.1) is 11.8 Å². The molecule has 0 saturated heterocycles. The lowest BCUT2D eigenvalue weighted by atomic mass is 10.1. The van der Waals surface area contributed by atoms with Crippen LogP contribution in [-0.4, -0.2) is 29.0 Å². The van der Waals surface area contributed by atoms with E-state index in [1.807, 2.05) is 30.3 Å². The molecule has 146 valence electrons. The molecule has 0 atom stereocenters. The van der Waals surface area contributed by atoms with Crippen LogP contribution >= 0.6 is 27.7 Å². The van der Waals surface area contributed by atoms with Crippen molar-refractivity contribution in [2.45, 2.75) is 11.5 Å². The molecule has 3 rings (SSSR count). The topological polar surface area (TPSA) is 81.6 Å². The third kappa shape index (κ3) is 5.26. The summed E-state index contributed by atoms with van der Waals surface area (Å²) in [7, 11) is 3.39. The van der Waals surface area contributed by atoms with Crippen LogP contribution in [0.25, 0.3) is 0 Å². The molecule has 0 spiro atoms. The van der Waals surface area contributed by atoms with Crippen molar-refractivity contribution < 1.29 is 13.9 Å². The molecule has 1 amide bonds. The summed E-state index contributed by atoms with van der Waals surface area (Å²) in [5.41, 5.74) is 4.67. The Morgan fingerprint density at radius 1 is 1.43 bits per heavy atom. The number of nitrogens with one attached hydrogen (secondary N) is 1. The number of halogens is 1. The normalized spacial score (nSPS) is 11.1. The van der Waals surface area contributed by atoms with Crippen LogP contribution in [0, 0.1) is 0 Å². The van der Waals surface area contributed by atoms with Gasteiger partial charge in [0.25, 0.3) is 5.91 Å². The third-order valence-corrected chi connectivity index (χ3v) is 5.35. The molecule has 0 aliphatic heterocycles. The SMILES string of the molecule is COc1ccc(/C=N\NC(=O)c2nn(C)cc2Br)cc1CSCc1ccco1. The van der Waals surface area contributed by atoms with E-state index in [1.54, 1.807) is 49.3 Å². The number of aromatic nitrogens is 2. The molecule has 0 saturated carbocycles. The summed E-state index contributed by atoms with van der Waals surface area (Å²) in [6.07, 6.45) is 4.97. The largest absolute Gasteiger partial charge is 0.496 e. The van der Waals surface area contributed by atoms with Crippen LogP contribution < -0.4 is 10.2 Å². The van der Waals surface area contributed by atoms with E-state index in [4.69, 9.17) is 9.15 Å². The van der Waals surface area contributed by atoms with Crippen LogP contribution in [-0.2, 0) is 18.6 Å². The Bertz CT molecular complexity index is 970. The lowest BCUT2D eigenvalue weighted by Gasteiger charge is -2.09. The average molecular weight is 463 g/mol. The van der Waals surface area contributed by atoms with E-state index in [9.17, 15) is 4.79 Å². The number of carbonyl (C=O) groups excluding carboxylic acids is 1. The van der Waals surface area contributed by atoms with Gasteiger partial charge in [-0.2, -0.15) is 10.2 Å². The quantitative estimate of drug-likeness (QED) is 0.404. The standard InChI is InChI=1S/C19H19BrN4O3S/c1-24-10-16(20)18(23-24)19(25)22-21-9-13-5-6-17(26-2)14(8-13)11-28-12-15-4-3-7-27-15/h3-10H,11-12H2,1-2H3,(H,22,25)/b21-9-. The predicted octanol–water partition coefficient (Wildman–Crippen LogP) is 3.98. The van der Waals surface area contributed by atoms with Gasteiger partial charge in [0.15, 0.2) is 5.69 Å². The van der Waals surface area contributed by atoms with Crippen molar-refractivity contribution >= 4 is 39.8 Å². The number of furan rings is 1. The maximum Gasteiger partial charge on any atom is 0.293 e. The molecule has 2 aromatic heterocycles. The minimum Gasteiger partial charge on any atom is -0.496 e. The first kappa shape index (κ1) is 20.2. The van der Waals surface area contributed by atoms with Gasteiger partial charge in [0.05, 0.1) is 29.8 Å². The van der Waals surface area contributed by atoms with Gasteiger partial charge < -0.3 is 9.15 Å². The maximum atomic E-state index is 12.1. The summed E-state index contributed by atoms with van der Waals surface area (Å²) in [5, 5.41) is 8.11. The van der Waals surface area contributed by atoms with E-state index in [0.717, 1.165) is 34.1 Å². The number of nitrogens with zero attached hydrogens (tertiary/aromatic N) is 3. The Morgan fingerprint density at radius 2 is 2.29 bits per heavy atom. The first-order valence-corrected chi connectivity index (χ1v) is 10.3. The van der Waals surface area contributed by atoms with Crippen molar-refractivity contribution in [2.75, 3.05) is 7.11 Å². The second-order valence-corrected chi connectivity index (χ2v) is 7.68. The predicted molar refractivity (Wildman–Crippen MR) is 113 cm³/mol. The number of carbonyl (C=O) groups is 1. The Balaban J connectivity index is 1.62. The fourth-order valence-electron chi connectivity index (χ4n) is 2.48. The molecule has 0 bridgehead atoms. The molecule has 1 N–H and O–H groups in total. The van der Waals surface area contributed by atoms with Crippen LogP contribution in [0.2, 0.25) is 0 Å². The highest BCUT2D eigenvalue weighted by Gasteiger charge is 2.13. The van der Waals surface area contributed by atoms with Gasteiger partial charge >= 0.3 is 0 Å². The fourth-order valence-corrected chi connectivity index (χ4v) is 3.95. The number of aryl methyl sites for hydroxylation is 1. The highest BCUT2D eigenvalue weighted by Crippen LogP contribution is 2.26. The molecule has 0 fully saturated rings. The summed E-state index contributed by atoms with van der Waals surface area (Å²) >= 11 is 5.03. The first-order chi connectivity index (χ1) is 13.6. The van der Waals surface area contributed by atoms with Gasteiger partial charge in [0.2, 0.25) is 0 Å². The van der Waals surface area contributed by atoms with Gasteiger partial charge in [0.1, 0.15) is 11.5 Å². The van der Waals surface area contributed by atoms with Gasteiger partial charge in [-0.3, -0.25) is 9.48 Å². The molecule has 7 nitrogen and oxygen atoms in total. The van der Waals surface area contributed by atoms with Crippen LogP contribution in [0.3, 0.4) is 0 Å². The number of hydrogen-bond acceptors (Lipinski definition) is 6. The van der Waals surface area contributed by atoms with E-state index in [0.29, 0.717) is 4.47 Å². The summed E-state index contributed by atoms with van der Waals surface area (Å²) in [6, 6.07) is 9.59. The van der Waals surface area contributed by atoms with E-state index >= 15 is 0 Å². The van der Waals surface area contributed by atoms with Crippen molar-refractivity contribution in [3.8, 4) is 5.75 Å². The summed E-state index contributed by atoms with van der Waals surface area (Å²) in [4.78, 5) is 12.1. The zero-order valence-corrected chi connectivity index (χ0v) is 17.8. The van der Waals surface area contributed by atoms with E-state index in [1.165, 1.54) is 0 Å². The molecule has 1 aromatic carbocycles. The molecule has 3 aromatic rings. The minimum atomic E-state index is -0.383. The highest BCUT2D eigenvalue weighted by atomic mass is 79.9. The van der Waals surface area contributed by atoms with Crippen molar-refractivity contribution in [3.05, 3.63) is 69.8 Å². The number of ether oxygens (including phenoxy) is 1. The van der Waals surface area contributed by atoms with E-state index in [-0.39, 0.29) is 11.6 Å². The van der Waals surface area contributed by atoms with E-state index in [2.05, 4.69) is 31.6 Å². The lowest BCUT2D eigenvalue weighted by Crippen LogP contribution is -2.19. The fraction of sp³-hybridized carbons (Fsp3) is 0.211. The Kier molecular flexibility index (Phi) is 6.94. The van der Waals surface area contributed by atoms with Crippen molar-refractivity contribution in [1.82, 2.24) is 15.2 Å². The molecule has 0 aliphatic carbocycles. The van der Waals surface area contributed by atoms with Gasteiger partial charge in [-0.05, 0) is 51.8 Å². The molecule has 2 heterocycles. The first-order valence-electron chi connectivity index (χ1n) is 8.36. The molecular weight excluding hydrogens is 444 g/mol. The molecule has 0 unspecified atom stereocenters. The average Bonchev–Trinajstić information content (AvgIpc) is 3.31. The van der Waals surface area contributed by atoms with Crippen LogP contribution in [0.15, 0.2) is 56.8 Å². The smallest absolute Gasteiger partial charge is 0.293 e. The number of thioether (sulfide) groups is 1. The Hall–Kier alpha value is -2.52. The third-order valence-electron chi connectivity index (χ3n) is 3.77. The molecular formula is C19H19BrN4O3S. The highest BCUT2D eigenvalue weighted by molar-refractivity contribution is 9.10. The van der Waals surface area contributed by atoms with Crippen molar-refractivity contribution in [2.24, 2.45) is 12.1 Å². The van der Waals surface area contributed by atoms with Gasteiger partial charge in [-0.1, -0.05) is 0 Å². The molecule has 0 aliphatic rings. The summed E-state index contributed by atoms with van der Waals surface area (Å²) < 4.78 is 13.0. The molecule has 9 heteroatoms. The number of amides is 1. The van der Waals surface area contributed by atoms with Gasteiger partial charge in [-0.25, -0.2) is 5.43 Å². The van der Waals surface area contributed by atoms with Crippen molar-refractivity contribution in [3.63, 3.8) is 0 Å². The lowest BCUT2D eigenvalue weighted by molar-refractivity contribution is 0.0948. The zero-order chi connectivity index (χ0) is 19.9. The summed E-state index contributed by atoms with van der Waals surface area (Å²) in [6.45, 7) is 0. The second kappa shape index (κ2) is 9.61. The number of methoxy groups -OCH3 is 1. The van der Waals surface area contributed by atoms with Crippen molar-refractivity contribution in [1.29, 1.82) is 0 Å².